The van der Waals surface area contributed by atoms with Crippen LogP contribution in [-0.2, 0) is 0 Å². The first-order chi connectivity index (χ1) is 11.5. The topological polar surface area (TPSA) is 17.8 Å². The number of hydrogen-bond donors (Lipinski definition) is 0. The van der Waals surface area contributed by atoms with Crippen molar-refractivity contribution in [1.82, 2.24) is 9.78 Å². The van der Waals surface area contributed by atoms with E-state index in [2.05, 4.69) is 85.3 Å². The summed E-state index contributed by atoms with van der Waals surface area (Å²) in [5, 5.41) is 4.60. The molecule has 1 aromatic heterocycles. The van der Waals surface area contributed by atoms with Gasteiger partial charge in [-0.15, -0.1) is 0 Å². The van der Waals surface area contributed by atoms with Crippen molar-refractivity contribution in [3.8, 4) is 16.8 Å². The third-order valence-corrected chi connectivity index (χ3v) is 4.81. The van der Waals surface area contributed by atoms with Crippen LogP contribution in [0.2, 0.25) is 0 Å². The second-order valence-corrected chi connectivity index (χ2v) is 7.69. The van der Waals surface area contributed by atoms with Gasteiger partial charge >= 0.3 is 0 Å². The average Bonchev–Trinajstić information content (AvgIpc) is 3.03. The molecule has 24 heavy (non-hydrogen) atoms. The first kappa shape index (κ1) is 17.0. The van der Waals surface area contributed by atoms with E-state index in [4.69, 9.17) is 0 Å². The lowest BCUT2D eigenvalue weighted by Gasteiger charge is -2.18. The highest BCUT2D eigenvalue weighted by atomic mass is 79.9. The SMILES string of the molecule is CC(C)c1cccc(C(C)C)c1-c1cnn(-c2cccc(Br)c2)c1. The van der Waals surface area contributed by atoms with Crippen LogP contribution in [0, 0.1) is 0 Å². The second kappa shape index (κ2) is 6.94. The smallest absolute Gasteiger partial charge is 0.0657 e. The molecule has 0 bridgehead atoms. The Morgan fingerprint density at radius 3 is 2.12 bits per heavy atom. The molecule has 0 aliphatic heterocycles. The minimum atomic E-state index is 0.480. The van der Waals surface area contributed by atoms with Crippen molar-refractivity contribution in [3.63, 3.8) is 0 Å². The molecule has 0 aliphatic carbocycles. The van der Waals surface area contributed by atoms with Crippen LogP contribution in [0.4, 0.5) is 0 Å². The van der Waals surface area contributed by atoms with Crippen molar-refractivity contribution in [2.45, 2.75) is 39.5 Å². The molecular formula is C21H23BrN2. The molecule has 2 aromatic carbocycles. The van der Waals surface area contributed by atoms with Gasteiger partial charge in [0.25, 0.3) is 0 Å². The molecule has 0 spiro atoms. The number of nitrogens with zero attached hydrogens (tertiary/aromatic N) is 2. The molecule has 3 heteroatoms. The number of benzene rings is 2. The van der Waals surface area contributed by atoms with Gasteiger partial charge in [-0.25, -0.2) is 4.68 Å². The van der Waals surface area contributed by atoms with E-state index < -0.39 is 0 Å². The van der Waals surface area contributed by atoms with Gasteiger partial charge in [0.15, 0.2) is 0 Å². The van der Waals surface area contributed by atoms with Crippen LogP contribution in [0.25, 0.3) is 16.8 Å². The largest absolute Gasteiger partial charge is 0.240 e. The van der Waals surface area contributed by atoms with E-state index in [0.29, 0.717) is 11.8 Å². The molecule has 2 nitrogen and oxygen atoms in total. The van der Waals surface area contributed by atoms with Crippen molar-refractivity contribution in [1.29, 1.82) is 0 Å². The summed E-state index contributed by atoms with van der Waals surface area (Å²) in [6, 6.07) is 14.9. The fourth-order valence-electron chi connectivity index (χ4n) is 3.10. The molecule has 0 radical (unpaired) electrons. The lowest BCUT2D eigenvalue weighted by Crippen LogP contribution is -1.99. The molecule has 0 fully saturated rings. The van der Waals surface area contributed by atoms with Crippen LogP contribution in [0.15, 0.2) is 59.3 Å². The fourth-order valence-corrected chi connectivity index (χ4v) is 3.48. The summed E-state index contributed by atoms with van der Waals surface area (Å²) in [6.07, 6.45) is 4.11. The predicted molar refractivity (Wildman–Crippen MR) is 105 cm³/mol. The molecule has 0 amide bonds. The molecule has 0 aliphatic rings. The fraction of sp³-hybridized carbons (Fsp3) is 0.286. The number of aromatic nitrogens is 2. The highest BCUT2D eigenvalue weighted by Crippen LogP contribution is 2.36. The van der Waals surface area contributed by atoms with Gasteiger partial charge in [0.05, 0.1) is 11.9 Å². The highest BCUT2D eigenvalue weighted by Gasteiger charge is 2.16. The maximum absolute atomic E-state index is 4.60. The molecule has 3 rings (SSSR count). The first-order valence-corrected chi connectivity index (χ1v) is 9.20. The number of hydrogen-bond acceptors (Lipinski definition) is 1. The lowest BCUT2D eigenvalue weighted by molar-refractivity contribution is 0.838. The Bertz CT molecular complexity index is 820. The van der Waals surface area contributed by atoms with Crippen LogP contribution < -0.4 is 0 Å². The monoisotopic (exact) mass is 382 g/mol. The standard InChI is InChI=1S/C21H23BrN2/c1-14(2)19-9-6-10-20(15(3)4)21(19)16-12-23-24(13-16)18-8-5-7-17(22)11-18/h5-15H,1-4H3. The van der Waals surface area contributed by atoms with Gasteiger partial charge in [0.1, 0.15) is 0 Å². The maximum Gasteiger partial charge on any atom is 0.0657 e. The molecule has 0 unspecified atom stereocenters. The minimum Gasteiger partial charge on any atom is -0.240 e. The summed E-state index contributed by atoms with van der Waals surface area (Å²) < 4.78 is 3.00. The molecule has 124 valence electrons. The van der Waals surface area contributed by atoms with Crippen LogP contribution >= 0.6 is 15.9 Å². The molecular weight excluding hydrogens is 360 g/mol. The van der Waals surface area contributed by atoms with Crippen molar-refractivity contribution >= 4 is 15.9 Å². The molecule has 0 saturated heterocycles. The number of rotatable bonds is 4. The predicted octanol–water partition coefficient (Wildman–Crippen LogP) is 6.55. The molecule has 3 aromatic rings. The zero-order valence-corrected chi connectivity index (χ0v) is 16.2. The van der Waals surface area contributed by atoms with Crippen LogP contribution in [0.3, 0.4) is 0 Å². The third kappa shape index (κ3) is 3.32. The van der Waals surface area contributed by atoms with E-state index in [1.54, 1.807) is 0 Å². The van der Waals surface area contributed by atoms with Crippen molar-refractivity contribution in [2.75, 3.05) is 0 Å². The van der Waals surface area contributed by atoms with Gasteiger partial charge in [-0.2, -0.15) is 5.10 Å². The van der Waals surface area contributed by atoms with E-state index in [9.17, 15) is 0 Å². The van der Waals surface area contributed by atoms with Crippen molar-refractivity contribution in [3.05, 3.63) is 70.5 Å². The van der Waals surface area contributed by atoms with E-state index in [1.165, 1.54) is 22.3 Å². The van der Waals surface area contributed by atoms with E-state index >= 15 is 0 Å². The zero-order valence-electron chi connectivity index (χ0n) is 14.6. The second-order valence-electron chi connectivity index (χ2n) is 6.77. The minimum absolute atomic E-state index is 0.480. The Morgan fingerprint density at radius 2 is 1.54 bits per heavy atom. The van der Waals surface area contributed by atoms with Crippen molar-refractivity contribution in [2.24, 2.45) is 0 Å². The van der Waals surface area contributed by atoms with Gasteiger partial charge in [-0.1, -0.05) is 67.9 Å². The van der Waals surface area contributed by atoms with E-state index in [-0.39, 0.29) is 0 Å². The number of halogens is 1. The highest BCUT2D eigenvalue weighted by molar-refractivity contribution is 9.10. The molecule has 0 saturated carbocycles. The van der Waals surface area contributed by atoms with E-state index in [0.717, 1.165) is 10.2 Å². The summed E-state index contributed by atoms with van der Waals surface area (Å²) in [6.45, 7) is 9.01. The quantitative estimate of drug-likeness (QED) is 0.500. The van der Waals surface area contributed by atoms with Crippen molar-refractivity contribution < 1.29 is 0 Å². The summed E-state index contributed by atoms with van der Waals surface area (Å²) in [4.78, 5) is 0. The normalized spacial score (nSPS) is 11.5. The van der Waals surface area contributed by atoms with Gasteiger partial charge in [-0.3, -0.25) is 0 Å². The van der Waals surface area contributed by atoms with Crippen LogP contribution in [0.1, 0.15) is 50.7 Å². The lowest BCUT2D eigenvalue weighted by atomic mass is 9.86. The van der Waals surface area contributed by atoms with Gasteiger partial charge < -0.3 is 0 Å². The first-order valence-electron chi connectivity index (χ1n) is 8.41. The Morgan fingerprint density at radius 1 is 0.917 bits per heavy atom. The summed E-state index contributed by atoms with van der Waals surface area (Å²) in [5.74, 6) is 0.959. The third-order valence-electron chi connectivity index (χ3n) is 4.32. The summed E-state index contributed by atoms with van der Waals surface area (Å²) in [5.41, 5.74) is 6.35. The zero-order chi connectivity index (χ0) is 17.3. The molecule has 1 heterocycles. The maximum atomic E-state index is 4.60. The Balaban J connectivity index is 2.13. The summed E-state index contributed by atoms with van der Waals surface area (Å²) >= 11 is 3.53. The van der Waals surface area contributed by atoms with Gasteiger partial charge in [0.2, 0.25) is 0 Å². The Labute approximate surface area is 152 Å². The summed E-state index contributed by atoms with van der Waals surface area (Å²) in [7, 11) is 0. The van der Waals surface area contributed by atoms with Crippen LogP contribution in [-0.4, -0.2) is 9.78 Å². The van der Waals surface area contributed by atoms with Gasteiger partial charge in [0, 0.05) is 16.2 Å². The molecule has 0 atom stereocenters. The van der Waals surface area contributed by atoms with Gasteiger partial charge in [-0.05, 0) is 46.7 Å². The molecule has 0 N–H and O–H groups in total. The van der Waals surface area contributed by atoms with E-state index in [1.807, 2.05) is 23.0 Å². The Hall–Kier alpha value is -1.87. The Kier molecular flexibility index (Phi) is 4.91. The van der Waals surface area contributed by atoms with Crippen LogP contribution in [0.5, 0.6) is 0 Å². The average molecular weight is 383 g/mol.